The normalized spacial score (nSPS) is 38.4. The lowest BCUT2D eigenvalue weighted by atomic mass is 9.84. The molecule has 0 aromatic rings. The van der Waals surface area contributed by atoms with E-state index in [0.29, 0.717) is 24.9 Å². The second kappa shape index (κ2) is 6.00. The van der Waals surface area contributed by atoms with Crippen molar-refractivity contribution in [2.75, 3.05) is 0 Å². The molecule has 5 heteroatoms. The second-order valence-electron chi connectivity index (χ2n) is 6.20. The first-order valence-electron chi connectivity index (χ1n) is 7.51. The zero-order valence-electron chi connectivity index (χ0n) is 11.8. The molecular formula is C14H25F3N2. The van der Waals surface area contributed by atoms with Gasteiger partial charge in [-0.15, -0.1) is 0 Å². The van der Waals surface area contributed by atoms with Crippen LogP contribution in [0, 0.1) is 5.92 Å². The zero-order chi connectivity index (χ0) is 14.0. The van der Waals surface area contributed by atoms with Gasteiger partial charge >= 0.3 is 6.18 Å². The number of hydrazine groups is 1. The number of nitrogens with zero attached hydrogens (tertiary/aromatic N) is 1. The fraction of sp³-hybridized carbons (Fsp3) is 1.00. The molecule has 1 aliphatic heterocycles. The highest BCUT2D eigenvalue weighted by Gasteiger charge is 2.46. The quantitative estimate of drug-likeness (QED) is 0.824. The van der Waals surface area contributed by atoms with Gasteiger partial charge in [0.2, 0.25) is 0 Å². The van der Waals surface area contributed by atoms with Crippen LogP contribution in [-0.2, 0) is 0 Å². The van der Waals surface area contributed by atoms with Crippen molar-refractivity contribution in [3.05, 3.63) is 0 Å². The largest absolute Gasteiger partial charge is 0.393 e. The highest BCUT2D eigenvalue weighted by atomic mass is 19.4. The van der Waals surface area contributed by atoms with Crippen LogP contribution in [0.4, 0.5) is 13.2 Å². The van der Waals surface area contributed by atoms with Gasteiger partial charge in [0, 0.05) is 18.1 Å². The van der Waals surface area contributed by atoms with Crippen LogP contribution >= 0.6 is 0 Å². The van der Waals surface area contributed by atoms with E-state index < -0.39 is 18.1 Å². The first-order chi connectivity index (χ1) is 8.89. The maximum atomic E-state index is 13.1. The van der Waals surface area contributed by atoms with Gasteiger partial charge in [-0.1, -0.05) is 19.3 Å². The fourth-order valence-electron chi connectivity index (χ4n) is 3.54. The monoisotopic (exact) mass is 278 g/mol. The number of hydrogen-bond donors (Lipinski definition) is 1. The van der Waals surface area contributed by atoms with Gasteiger partial charge in [-0.25, -0.2) is 5.01 Å². The lowest BCUT2D eigenvalue weighted by Crippen LogP contribution is -2.59. The maximum Gasteiger partial charge on any atom is 0.393 e. The van der Waals surface area contributed by atoms with Crippen molar-refractivity contribution in [3.63, 3.8) is 0 Å². The Hall–Kier alpha value is -0.290. The SMILES string of the molecule is CC1CCCC(C)N1NC1CCCCC1C(F)(F)F. The van der Waals surface area contributed by atoms with Crippen LogP contribution in [0.5, 0.6) is 0 Å². The number of halogens is 3. The van der Waals surface area contributed by atoms with Gasteiger partial charge in [0.1, 0.15) is 0 Å². The van der Waals surface area contributed by atoms with Crippen molar-refractivity contribution >= 4 is 0 Å². The Labute approximate surface area is 113 Å². The third-order valence-electron chi connectivity index (χ3n) is 4.69. The maximum absolute atomic E-state index is 13.1. The molecule has 1 N–H and O–H groups in total. The predicted molar refractivity (Wildman–Crippen MR) is 69.6 cm³/mol. The molecule has 0 aromatic carbocycles. The van der Waals surface area contributed by atoms with Crippen molar-refractivity contribution in [2.24, 2.45) is 5.92 Å². The van der Waals surface area contributed by atoms with Crippen molar-refractivity contribution in [1.29, 1.82) is 0 Å². The van der Waals surface area contributed by atoms with Crippen LogP contribution in [0.25, 0.3) is 0 Å². The van der Waals surface area contributed by atoms with Gasteiger partial charge in [-0.05, 0) is 39.5 Å². The summed E-state index contributed by atoms with van der Waals surface area (Å²) in [5, 5.41) is 2.08. The highest BCUT2D eigenvalue weighted by molar-refractivity contribution is 4.87. The van der Waals surface area contributed by atoms with Crippen LogP contribution in [0.15, 0.2) is 0 Å². The van der Waals surface area contributed by atoms with Crippen molar-refractivity contribution in [2.45, 2.75) is 83.1 Å². The summed E-state index contributed by atoms with van der Waals surface area (Å²) in [6.07, 6.45) is 1.77. The van der Waals surface area contributed by atoms with E-state index >= 15 is 0 Å². The van der Waals surface area contributed by atoms with E-state index in [2.05, 4.69) is 24.3 Å². The third-order valence-corrected chi connectivity index (χ3v) is 4.69. The summed E-state index contributed by atoms with van der Waals surface area (Å²) in [7, 11) is 0. The summed E-state index contributed by atoms with van der Waals surface area (Å²) in [5.41, 5.74) is 3.23. The van der Waals surface area contributed by atoms with E-state index in [0.717, 1.165) is 19.3 Å². The summed E-state index contributed by atoms with van der Waals surface area (Å²) in [6, 6.07) is 0.232. The van der Waals surface area contributed by atoms with E-state index in [-0.39, 0.29) is 6.42 Å². The van der Waals surface area contributed by atoms with Gasteiger partial charge in [-0.3, -0.25) is 5.43 Å². The van der Waals surface area contributed by atoms with Gasteiger partial charge < -0.3 is 0 Å². The average molecular weight is 278 g/mol. The molecule has 1 aliphatic carbocycles. The van der Waals surface area contributed by atoms with Gasteiger partial charge in [0.25, 0.3) is 0 Å². The number of nitrogens with one attached hydrogen (secondary N) is 1. The molecule has 19 heavy (non-hydrogen) atoms. The summed E-state index contributed by atoms with van der Waals surface area (Å²) in [6.45, 7) is 4.21. The Bertz CT molecular complexity index is 283. The standard InChI is InChI=1S/C14H25F3N2/c1-10-6-5-7-11(2)19(10)18-13-9-4-3-8-12(13)14(15,16)17/h10-13,18H,3-9H2,1-2H3. The Morgan fingerprint density at radius 1 is 0.895 bits per heavy atom. The number of hydrogen-bond acceptors (Lipinski definition) is 2. The Morgan fingerprint density at radius 3 is 2.05 bits per heavy atom. The van der Waals surface area contributed by atoms with E-state index in [1.54, 1.807) is 0 Å². The minimum absolute atomic E-state index is 0.276. The van der Waals surface area contributed by atoms with Crippen LogP contribution < -0.4 is 5.43 Å². The molecule has 0 aromatic heterocycles. The van der Waals surface area contributed by atoms with E-state index in [1.165, 1.54) is 6.42 Å². The smallest absolute Gasteiger partial charge is 0.251 e. The van der Waals surface area contributed by atoms with Crippen LogP contribution in [0.3, 0.4) is 0 Å². The van der Waals surface area contributed by atoms with E-state index in [9.17, 15) is 13.2 Å². The molecular weight excluding hydrogens is 253 g/mol. The molecule has 0 amide bonds. The molecule has 0 bridgehead atoms. The zero-order valence-corrected chi connectivity index (χ0v) is 11.8. The molecule has 4 unspecified atom stereocenters. The average Bonchev–Trinajstić information content (AvgIpc) is 2.33. The summed E-state index contributed by atoms with van der Waals surface area (Å²) < 4.78 is 39.2. The lowest BCUT2D eigenvalue weighted by molar-refractivity contribution is -0.195. The minimum Gasteiger partial charge on any atom is -0.251 e. The summed E-state index contributed by atoms with van der Waals surface area (Å²) >= 11 is 0. The number of piperidine rings is 1. The molecule has 2 nitrogen and oxygen atoms in total. The van der Waals surface area contributed by atoms with E-state index in [1.807, 2.05) is 0 Å². The van der Waals surface area contributed by atoms with Gasteiger partial charge in [0.05, 0.1) is 5.92 Å². The first-order valence-corrected chi connectivity index (χ1v) is 7.51. The molecule has 2 fully saturated rings. The molecule has 2 aliphatic rings. The van der Waals surface area contributed by atoms with Crippen LogP contribution in [0.1, 0.15) is 58.8 Å². The lowest BCUT2D eigenvalue weighted by Gasteiger charge is -2.44. The molecule has 112 valence electrons. The van der Waals surface area contributed by atoms with Gasteiger partial charge in [-0.2, -0.15) is 13.2 Å². The molecule has 0 spiro atoms. The third kappa shape index (κ3) is 3.63. The number of rotatable bonds is 2. The second-order valence-corrected chi connectivity index (χ2v) is 6.20. The highest BCUT2D eigenvalue weighted by Crippen LogP contribution is 2.38. The Kier molecular flexibility index (Phi) is 4.77. The Balaban J connectivity index is 2.02. The molecule has 1 saturated heterocycles. The fourth-order valence-corrected chi connectivity index (χ4v) is 3.54. The molecule has 1 heterocycles. The summed E-state index contributed by atoms with van der Waals surface area (Å²) in [4.78, 5) is 0. The summed E-state index contributed by atoms with van der Waals surface area (Å²) in [5.74, 6) is -1.18. The number of alkyl halides is 3. The van der Waals surface area contributed by atoms with Crippen molar-refractivity contribution in [1.82, 2.24) is 10.4 Å². The van der Waals surface area contributed by atoms with Crippen molar-refractivity contribution < 1.29 is 13.2 Å². The minimum atomic E-state index is -4.07. The van der Waals surface area contributed by atoms with Crippen molar-refractivity contribution in [3.8, 4) is 0 Å². The first kappa shape index (κ1) is 15.1. The molecule has 2 rings (SSSR count). The topological polar surface area (TPSA) is 15.3 Å². The van der Waals surface area contributed by atoms with Crippen LogP contribution in [0.2, 0.25) is 0 Å². The molecule has 1 saturated carbocycles. The Morgan fingerprint density at radius 2 is 1.47 bits per heavy atom. The molecule has 0 radical (unpaired) electrons. The van der Waals surface area contributed by atoms with Crippen LogP contribution in [-0.4, -0.2) is 29.3 Å². The predicted octanol–water partition coefficient (Wildman–Crippen LogP) is 3.88. The molecule has 4 atom stereocenters. The van der Waals surface area contributed by atoms with E-state index in [4.69, 9.17) is 0 Å². The van der Waals surface area contributed by atoms with Gasteiger partial charge in [0.15, 0.2) is 0 Å².